The van der Waals surface area contributed by atoms with Gasteiger partial charge in [-0.25, -0.2) is 4.79 Å². The molecule has 13 nitrogen and oxygen atoms in total. The highest BCUT2D eigenvalue weighted by Crippen LogP contribution is 2.37. The molecule has 4 aliphatic rings. The van der Waals surface area contributed by atoms with E-state index in [-0.39, 0.29) is 54.8 Å². The third-order valence-corrected chi connectivity index (χ3v) is 13.7. The predicted molar refractivity (Wildman–Crippen MR) is 234 cm³/mol. The molecular formula is C49H75NO12. The summed E-state index contributed by atoms with van der Waals surface area (Å²) in [6, 6.07) is -1.11. The van der Waals surface area contributed by atoms with Gasteiger partial charge >= 0.3 is 5.97 Å². The molecule has 348 valence electrons. The van der Waals surface area contributed by atoms with Crippen LogP contribution in [0.4, 0.5) is 0 Å². The number of carbonyl (C=O) groups is 5. The Hall–Kier alpha value is -3.33. The minimum atomic E-state index is -2.41. The predicted octanol–water partition coefficient (Wildman–Crippen LogP) is 6.17. The highest BCUT2D eigenvalue weighted by molar-refractivity contribution is 6.39. The summed E-state index contributed by atoms with van der Waals surface area (Å²) in [4.78, 5) is 71.3. The molecule has 13 heteroatoms. The molecule has 4 rings (SSSR count). The SMILES string of the molecule is CO[C@@H]1/C=C/C=C/C=C/[C@@H](C)C[C@@H](C)C(=O)[C@H](OC)[C@H](O)/C(C)=C/[C@@H](C)C(=O)C[C@@H]([C@H](C)CC2CCC(O)CC2)OC(=O)[C@@H]2CCCCN2C(=O)C(=O)[C@]2(O)O[C@@H](CC[C@H]2C)C1. The van der Waals surface area contributed by atoms with Gasteiger partial charge in [-0.05, 0) is 101 Å². The first-order valence-electron chi connectivity index (χ1n) is 23.0. The average molecular weight is 870 g/mol. The monoisotopic (exact) mass is 870 g/mol. The molecule has 3 aliphatic heterocycles. The van der Waals surface area contributed by atoms with Crippen molar-refractivity contribution in [1.29, 1.82) is 0 Å². The fourth-order valence-electron chi connectivity index (χ4n) is 9.58. The maximum Gasteiger partial charge on any atom is 0.329 e. The van der Waals surface area contributed by atoms with Gasteiger partial charge in [0.05, 0.1) is 18.3 Å². The lowest BCUT2D eigenvalue weighted by molar-refractivity contribution is -0.265. The minimum absolute atomic E-state index is 0.0309. The molecule has 1 saturated carbocycles. The van der Waals surface area contributed by atoms with Crippen molar-refractivity contribution in [2.24, 2.45) is 35.5 Å². The Labute approximate surface area is 369 Å². The van der Waals surface area contributed by atoms with E-state index in [1.807, 2.05) is 57.2 Å². The summed E-state index contributed by atoms with van der Waals surface area (Å²) >= 11 is 0. The fraction of sp³-hybridized carbons (Fsp3) is 0.735. The number of hydrogen-bond donors (Lipinski definition) is 3. The standard InChI is InChI=1S/C49H75NO12/c1-30-15-11-9-10-12-16-38(59-7)28-39-23-18-35(6)49(58,62-39)46(55)47(56)50-24-14-13-17-40(50)48(57)61-42(32(3)27-36-19-21-37(51)22-20-36)29-41(52)31(2)26-34(5)44(54)45(60-8)43(53)33(4)25-30/h9-12,15-16,26,30-33,35-40,42,44-45,51,54,58H,13-14,17-25,27-29H2,1-8H3/b10-9+,15-11+,16-12+,34-26+/t30-,31-,32-,33-,35-,36?,37?,38-,39+,40+,42+,44-,45+,49-/m1/s1. The van der Waals surface area contributed by atoms with Crippen LogP contribution in [0.5, 0.6) is 0 Å². The van der Waals surface area contributed by atoms with Crippen LogP contribution < -0.4 is 0 Å². The van der Waals surface area contributed by atoms with Gasteiger partial charge in [0, 0.05) is 51.4 Å². The van der Waals surface area contributed by atoms with E-state index in [9.17, 15) is 39.3 Å². The molecule has 3 N–H and O–H groups in total. The zero-order chi connectivity index (χ0) is 45.7. The second-order valence-corrected chi connectivity index (χ2v) is 18.8. The summed E-state index contributed by atoms with van der Waals surface area (Å²) in [5.74, 6) is -7.58. The molecule has 0 aromatic rings. The molecule has 2 saturated heterocycles. The number of esters is 1. The van der Waals surface area contributed by atoms with E-state index in [2.05, 4.69) is 0 Å². The van der Waals surface area contributed by atoms with Crippen LogP contribution in [-0.2, 0) is 42.9 Å². The molecule has 2 bridgehead atoms. The fourth-order valence-corrected chi connectivity index (χ4v) is 9.58. The number of fused-ring (bicyclic) bond motifs is 3. The number of nitrogens with zero attached hydrogens (tertiary/aromatic N) is 1. The molecule has 0 aromatic heterocycles. The number of Topliss-reactive ketones (excluding diaryl/α,β-unsaturated/α-hetero) is 3. The lowest BCUT2D eigenvalue weighted by Gasteiger charge is -2.42. The van der Waals surface area contributed by atoms with Crippen molar-refractivity contribution in [2.75, 3.05) is 20.8 Å². The van der Waals surface area contributed by atoms with E-state index in [1.165, 1.54) is 12.0 Å². The van der Waals surface area contributed by atoms with Crippen LogP contribution >= 0.6 is 0 Å². The first-order valence-corrected chi connectivity index (χ1v) is 23.0. The number of allylic oxidation sites excluding steroid dienone is 6. The summed E-state index contributed by atoms with van der Waals surface area (Å²) < 4.78 is 23.6. The van der Waals surface area contributed by atoms with Crippen LogP contribution in [0.3, 0.4) is 0 Å². The van der Waals surface area contributed by atoms with Gasteiger partial charge in [-0.1, -0.05) is 77.2 Å². The number of aliphatic hydroxyl groups excluding tert-OH is 2. The van der Waals surface area contributed by atoms with Crippen LogP contribution in [-0.4, -0.2) is 119 Å². The Balaban J connectivity index is 1.67. The number of methoxy groups -OCH3 is 2. The van der Waals surface area contributed by atoms with Crippen LogP contribution in [0.25, 0.3) is 0 Å². The van der Waals surface area contributed by atoms with E-state index in [4.69, 9.17) is 18.9 Å². The number of piperidine rings is 1. The summed E-state index contributed by atoms with van der Waals surface area (Å²) in [5.41, 5.74) is 0.400. The Bertz CT molecular complexity index is 1650. The number of rotatable bonds is 5. The third-order valence-electron chi connectivity index (χ3n) is 13.7. The molecule has 3 fully saturated rings. The van der Waals surface area contributed by atoms with Gasteiger partial charge in [0.15, 0.2) is 5.78 Å². The number of ether oxygens (including phenoxy) is 4. The molecule has 1 aliphatic carbocycles. The highest BCUT2D eigenvalue weighted by Gasteiger charge is 2.53. The number of cyclic esters (lactones) is 1. The van der Waals surface area contributed by atoms with E-state index in [0.717, 1.165) is 12.8 Å². The maximum absolute atomic E-state index is 14.3. The van der Waals surface area contributed by atoms with Gasteiger partial charge in [0.2, 0.25) is 5.79 Å². The molecule has 0 spiro atoms. The van der Waals surface area contributed by atoms with Crippen molar-refractivity contribution in [3.05, 3.63) is 48.1 Å². The van der Waals surface area contributed by atoms with E-state index in [0.29, 0.717) is 63.4 Å². The van der Waals surface area contributed by atoms with Crippen LogP contribution in [0.15, 0.2) is 48.1 Å². The third kappa shape index (κ3) is 13.8. The number of amides is 1. The zero-order valence-electron chi connectivity index (χ0n) is 38.4. The minimum Gasteiger partial charge on any atom is -0.460 e. The first-order chi connectivity index (χ1) is 29.4. The second-order valence-electron chi connectivity index (χ2n) is 18.8. The lowest BCUT2D eigenvalue weighted by Crippen LogP contribution is -2.60. The lowest BCUT2D eigenvalue weighted by atomic mass is 9.79. The van der Waals surface area contributed by atoms with Gasteiger partial charge in [-0.3, -0.25) is 19.2 Å². The Kier molecular flexibility index (Phi) is 19.9. The Morgan fingerprint density at radius 3 is 2.19 bits per heavy atom. The quantitative estimate of drug-likeness (QED) is 0.163. The average Bonchev–Trinajstić information content (AvgIpc) is 3.25. The molecule has 0 unspecified atom stereocenters. The summed E-state index contributed by atoms with van der Waals surface area (Å²) in [6.45, 7) is 10.9. The number of ketones is 3. The summed E-state index contributed by atoms with van der Waals surface area (Å²) in [6.07, 6.45) is 14.9. The molecule has 12 atom stereocenters. The number of aliphatic hydroxyl groups is 3. The molecule has 1 amide bonds. The molecule has 62 heavy (non-hydrogen) atoms. The van der Waals surface area contributed by atoms with E-state index in [1.54, 1.807) is 34.0 Å². The molecular weight excluding hydrogens is 795 g/mol. The van der Waals surface area contributed by atoms with Crippen LogP contribution in [0.1, 0.15) is 125 Å². The summed E-state index contributed by atoms with van der Waals surface area (Å²) in [5, 5.41) is 33.3. The van der Waals surface area contributed by atoms with Gasteiger partial charge in [0.1, 0.15) is 30.1 Å². The number of carbonyl (C=O) groups excluding carboxylic acids is 5. The Morgan fingerprint density at radius 2 is 1.53 bits per heavy atom. The summed E-state index contributed by atoms with van der Waals surface area (Å²) in [7, 11) is 2.94. The maximum atomic E-state index is 14.3. The smallest absolute Gasteiger partial charge is 0.329 e. The second kappa shape index (κ2) is 24.1. The Morgan fingerprint density at radius 1 is 0.855 bits per heavy atom. The van der Waals surface area contributed by atoms with Crippen molar-refractivity contribution in [3.8, 4) is 0 Å². The largest absolute Gasteiger partial charge is 0.460 e. The van der Waals surface area contributed by atoms with Crippen molar-refractivity contribution in [2.45, 2.75) is 173 Å². The van der Waals surface area contributed by atoms with Crippen LogP contribution in [0.2, 0.25) is 0 Å². The van der Waals surface area contributed by atoms with Crippen molar-refractivity contribution in [1.82, 2.24) is 4.90 Å². The molecule has 0 aromatic carbocycles. The van der Waals surface area contributed by atoms with Gasteiger partial charge in [-0.2, -0.15) is 0 Å². The van der Waals surface area contributed by atoms with Crippen molar-refractivity contribution >= 4 is 29.2 Å². The van der Waals surface area contributed by atoms with Crippen molar-refractivity contribution in [3.63, 3.8) is 0 Å². The normalized spacial score (nSPS) is 40.1. The molecule has 0 radical (unpaired) electrons. The van der Waals surface area contributed by atoms with Gasteiger partial charge in [0.25, 0.3) is 11.7 Å². The first kappa shape index (κ1) is 51.3. The van der Waals surface area contributed by atoms with Gasteiger partial charge in [-0.15, -0.1) is 0 Å². The zero-order valence-corrected chi connectivity index (χ0v) is 38.4. The highest BCUT2D eigenvalue weighted by atomic mass is 16.6. The number of hydrogen-bond acceptors (Lipinski definition) is 12. The van der Waals surface area contributed by atoms with Gasteiger partial charge < -0.3 is 39.2 Å². The molecule has 3 heterocycles. The van der Waals surface area contributed by atoms with Crippen molar-refractivity contribution < 1.29 is 58.2 Å². The van der Waals surface area contributed by atoms with E-state index < -0.39 is 77.8 Å². The van der Waals surface area contributed by atoms with Crippen LogP contribution in [0, 0.1) is 35.5 Å². The van der Waals surface area contributed by atoms with E-state index >= 15 is 0 Å². The topological polar surface area (TPSA) is 186 Å².